The van der Waals surface area contributed by atoms with Gasteiger partial charge in [-0.2, -0.15) is 13.2 Å². The van der Waals surface area contributed by atoms with Gasteiger partial charge in [0.05, 0.1) is 15.4 Å². The molecule has 0 amide bonds. The monoisotopic (exact) mass is 305 g/mol. The number of benzene rings is 1. The number of nitrogens with one attached hydrogen (secondary N) is 1. The Labute approximate surface area is 115 Å². The summed E-state index contributed by atoms with van der Waals surface area (Å²) in [6.07, 6.45) is -2.86. The molecule has 0 spiro atoms. The van der Waals surface area contributed by atoms with E-state index in [0.717, 1.165) is 6.07 Å². The van der Waals surface area contributed by atoms with Crippen LogP contribution in [0.3, 0.4) is 0 Å². The molecule has 1 heterocycles. The van der Waals surface area contributed by atoms with E-state index in [1.165, 1.54) is 12.1 Å². The van der Waals surface area contributed by atoms with Gasteiger partial charge in [-0.05, 0) is 44.2 Å². The van der Waals surface area contributed by atoms with Crippen LogP contribution in [0, 0.1) is 0 Å². The third kappa shape index (κ3) is 2.60. The van der Waals surface area contributed by atoms with Crippen LogP contribution in [0.2, 0.25) is 0 Å². The van der Waals surface area contributed by atoms with Gasteiger partial charge in [-0.3, -0.25) is 0 Å². The molecule has 20 heavy (non-hydrogen) atoms. The summed E-state index contributed by atoms with van der Waals surface area (Å²) in [6.45, 7) is 1.81. The summed E-state index contributed by atoms with van der Waals surface area (Å²) >= 11 is 0. The zero-order valence-electron chi connectivity index (χ0n) is 11.0. The summed E-state index contributed by atoms with van der Waals surface area (Å²) in [6, 6.07) is 2.73. The maximum Gasteiger partial charge on any atom is 0.416 e. The zero-order valence-corrected chi connectivity index (χ0v) is 11.8. The van der Waals surface area contributed by atoms with E-state index in [-0.39, 0.29) is 22.3 Å². The topological polar surface area (TPSA) is 46.2 Å². The highest BCUT2D eigenvalue weighted by Gasteiger charge is 2.36. The Morgan fingerprint density at radius 3 is 2.50 bits per heavy atom. The second kappa shape index (κ2) is 4.89. The second-order valence-electron chi connectivity index (χ2n) is 4.76. The molecule has 0 bridgehead atoms. The Bertz CT molecular complexity index is 663. The fourth-order valence-electron chi connectivity index (χ4n) is 2.03. The van der Waals surface area contributed by atoms with Gasteiger partial charge < -0.3 is 5.32 Å². The highest BCUT2D eigenvalue weighted by Crippen LogP contribution is 2.39. The van der Waals surface area contributed by atoms with Crippen LogP contribution in [-0.2, 0) is 16.0 Å². The van der Waals surface area contributed by atoms with Crippen molar-refractivity contribution < 1.29 is 21.6 Å². The lowest BCUT2D eigenvalue weighted by Gasteiger charge is -2.11. The van der Waals surface area contributed by atoms with Crippen molar-refractivity contribution in [2.75, 3.05) is 7.05 Å². The van der Waals surface area contributed by atoms with Crippen LogP contribution in [0.5, 0.6) is 0 Å². The summed E-state index contributed by atoms with van der Waals surface area (Å²) < 4.78 is 62.4. The molecule has 1 aliphatic rings. The minimum Gasteiger partial charge on any atom is -0.317 e. The Hall–Kier alpha value is -1.34. The molecule has 0 aromatic heterocycles. The molecule has 1 N–H and O–H groups in total. The Morgan fingerprint density at radius 1 is 1.30 bits per heavy atom. The van der Waals surface area contributed by atoms with Gasteiger partial charge in [0.1, 0.15) is 0 Å². The van der Waals surface area contributed by atoms with Crippen molar-refractivity contribution in [3.8, 4) is 0 Å². The predicted octanol–water partition coefficient (Wildman–Crippen LogP) is 2.83. The molecule has 1 aliphatic heterocycles. The fraction of sp³-hybridized carbons (Fsp3) is 0.385. The lowest BCUT2D eigenvalue weighted by atomic mass is 10.1. The minimum atomic E-state index is -4.55. The number of hydrogen-bond donors (Lipinski definition) is 1. The first-order valence-corrected chi connectivity index (χ1v) is 7.48. The lowest BCUT2D eigenvalue weighted by molar-refractivity contribution is -0.137. The van der Waals surface area contributed by atoms with Crippen LogP contribution in [0.25, 0.3) is 6.08 Å². The molecule has 110 valence electrons. The molecule has 1 atom stereocenters. The Kier molecular flexibility index (Phi) is 3.68. The lowest BCUT2D eigenvalue weighted by Crippen LogP contribution is -2.22. The number of hydrogen-bond acceptors (Lipinski definition) is 3. The van der Waals surface area contributed by atoms with Crippen LogP contribution in [-0.4, -0.2) is 21.5 Å². The van der Waals surface area contributed by atoms with Crippen LogP contribution in [0.15, 0.2) is 28.0 Å². The molecule has 0 fully saturated rings. The van der Waals surface area contributed by atoms with Gasteiger partial charge in [0, 0.05) is 6.04 Å². The third-order valence-corrected chi connectivity index (χ3v) is 5.20. The van der Waals surface area contributed by atoms with E-state index in [9.17, 15) is 21.6 Å². The van der Waals surface area contributed by atoms with E-state index < -0.39 is 21.6 Å². The SMILES string of the molecule is CNC(C)CC1=Cc2ccc(C(F)(F)F)cc2S1(=O)=O. The number of rotatable bonds is 3. The first kappa shape index (κ1) is 15.1. The fourth-order valence-corrected chi connectivity index (χ4v) is 3.78. The smallest absolute Gasteiger partial charge is 0.317 e. The van der Waals surface area contributed by atoms with E-state index in [0.29, 0.717) is 11.6 Å². The van der Waals surface area contributed by atoms with Crippen LogP contribution < -0.4 is 5.32 Å². The number of alkyl halides is 3. The zero-order chi connectivity index (χ0) is 15.1. The summed E-state index contributed by atoms with van der Waals surface area (Å²) in [5.41, 5.74) is -0.632. The molecular formula is C13H14F3NO2S. The molecule has 0 saturated carbocycles. The number of halogens is 3. The maximum absolute atomic E-state index is 12.6. The molecule has 2 rings (SSSR count). The van der Waals surface area contributed by atoms with Crippen molar-refractivity contribution in [3.05, 3.63) is 34.2 Å². The van der Waals surface area contributed by atoms with Crippen LogP contribution in [0.1, 0.15) is 24.5 Å². The molecule has 3 nitrogen and oxygen atoms in total. The van der Waals surface area contributed by atoms with Crippen molar-refractivity contribution in [3.63, 3.8) is 0 Å². The molecule has 1 aromatic rings. The minimum absolute atomic E-state index is 0.0765. The van der Waals surface area contributed by atoms with Gasteiger partial charge in [-0.15, -0.1) is 0 Å². The first-order valence-electron chi connectivity index (χ1n) is 6.00. The van der Waals surface area contributed by atoms with E-state index in [1.807, 2.05) is 0 Å². The summed E-state index contributed by atoms with van der Waals surface area (Å²) in [4.78, 5) is -0.112. The van der Waals surface area contributed by atoms with Crippen LogP contribution >= 0.6 is 0 Å². The van der Waals surface area contributed by atoms with Crippen molar-refractivity contribution in [1.82, 2.24) is 5.32 Å². The van der Waals surface area contributed by atoms with Gasteiger partial charge in [-0.1, -0.05) is 6.07 Å². The molecule has 1 unspecified atom stereocenters. The maximum atomic E-state index is 12.6. The largest absolute Gasteiger partial charge is 0.416 e. The van der Waals surface area contributed by atoms with Crippen LogP contribution in [0.4, 0.5) is 13.2 Å². The highest BCUT2D eigenvalue weighted by atomic mass is 32.2. The number of sulfone groups is 1. The first-order chi connectivity index (χ1) is 9.16. The molecule has 0 radical (unpaired) electrons. The number of fused-ring (bicyclic) bond motifs is 1. The van der Waals surface area contributed by atoms with Crippen molar-refractivity contribution in [2.45, 2.75) is 30.5 Å². The van der Waals surface area contributed by atoms with Crippen molar-refractivity contribution >= 4 is 15.9 Å². The normalized spacial score (nSPS) is 18.6. The second-order valence-corrected chi connectivity index (χ2v) is 6.73. The predicted molar refractivity (Wildman–Crippen MR) is 69.7 cm³/mol. The average molecular weight is 305 g/mol. The van der Waals surface area contributed by atoms with E-state index in [4.69, 9.17) is 0 Å². The van der Waals surface area contributed by atoms with Crippen molar-refractivity contribution in [2.24, 2.45) is 0 Å². The average Bonchev–Trinajstić information content (AvgIpc) is 2.60. The molecular weight excluding hydrogens is 291 g/mol. The Balaban J connectivity index is 2.44. The molecule has 0 saturated heterocycles. The van der Waals surface area contributed by atoms with Gasteiger partial charge in [0.2, 0.25) is 9.84 Å². The van der Waals surface area contributed by atoms with Crippen molar-refractivity contribution in [1.29, 1.82) is 0 Å². The van der Waals surface area contributed by atoms with E-state index >= 15 is 0 Å². The van der Waals surface area contributed by atoms with Gasteiger partial charge in [0.15, 0.2) is 0 Å². The molecule has 0 aliphatic carbocycles. The molecule has 1 aromatic carbocycles. The molecule has 7 heteroatoms. The summed E-state index contributed by atoms with van der Waals surface area (Å²) in [7, 11) is -2.12. The van der Waals surface area contributed by atoms with Gasteiger partial charge in [-0.25, -0.2) is 8.42 Å². The van der Waals surface area contributed by atoms with E-state index in [1.54, 1.807) is 14.0 Å². The highest BCUT2D eigenvalue weighted by molar-refractivity contribution is 7.95. The quantitative estimate of drug-likeness (QED) is 0.934. The summed E-state index contributed by atoms with van der Waals surface area (Å²) in [5.74, 6) is 0. The van der Waals surface area contributed by atoms with Gasteiger partial charge in [0.25, 0.3) is 0 Å². The third-order valence-electron chi connectivity index (χ3n) is 3.29. The Morgan fingerprint density at radius 2 is 1.95 bits per heavy atom. The van der Waals surface area contributed by atoms with Gasteiger partial charge >= 0.3 is 6.18 Å². The van der Waals surface area contributed by atoms with E-state index in [2.05, 4.69) is 5.32 Å². The standard InChI is InChI=1S/C13H14F3NO2S/c1-8(17-2)5-11-6-9-3-4-10(13(14,15)16)7-12(9)20(11,18)19/h3-4,6-8,17H,5H2,1-2H3. The summed E-state index contributed by atoms with van der Waals surface area (Å²) in [5, 5.41) is 2.91.